The van der Waals surface area contributed by atoms with E-state index in [0.717, 1.165) is 16.7 Å². The van der Waals surface area contributed by atoms with Gasteiger partial charge in [0.15, 0.2) is 6.17 Å². The van der Waals surface area contributed by atoms with Crippen LogP contribution in [-0.2, 0) is 0 Å². The molecule has 0 saturated heterocycles. The van der Waals surface area contributed by atoms with Crippen LogP contribution in [0, 0.1) is 0 Å². The Morgan fingerprint density at radius 2 is 2.20 bits per heavy atom. The van der Waals surface area contributed by atoms with Gasteiger partial charge in [0, 0.05) is 24.1 Å². The number of halogens is 1. The van der Waals surface area contributed by atoms with Crippen LogP contribution < -0.4 is 9.47 Å². The second kappa shape index (κ2) is 5.33. The van der Waals surface area contributed by atoms with Crippen molar-refractivity contribution < 1.29 is 13.9 Å². The molecule has 1 aromatic carbocycles. The summed E-state index contributed by atoms with van der Waals surface area (Å²) in [7, 11) is 1.61. The Morgan fingerprint density at radius 3 is 3.00 bits per heavy atom. The average Bonchev–Trinajstić information content (AvgIpc) is 2.49. The molecular formula is C16H14FNO2. The van der Waals surface area contributed by atoms with Gasteiger partial charge in [-0.2, -0.15) is 0 Å². The van der Waals surface area contributed by atoms with Gasteiger partial charge < -0.3 is 9.47 Å². The van der Waals surface area contributed by atoms with Crippen LogP contribution in [0.5, 0.6) is 11.5 Å². The van der Waals surface area contributed by atoms with Crippen LogP contribution in [0.4, 0.5) is 4.39 Å². The van der Waals surface area contributed by atoms with Crippen molar-refractivity contribution in [2.24, 2.45) is 0 Å². The van der Waals surface area contributed by atoms with Gasteiger partial charge in [-0.3, -0.25) is 4.98 Å². The highest BCUT2D eigenvalue weighted by atomic mass is 19.1. The number of rotatable bonds is 3. The molecule has 102 valence electrons. The van der Waals surface area contributed by atoms with E-state index in [1.54, 1.807) is 37.6 Å². The van der Waals surface area contributed by atoms with E-state index < -0.39 is 6.17 Å². The maximum absolute atomic E-state index is 13.8. The van der Waals surface area contributed by atoms with Crippen molar-refractivity contribution in [3.8, 4) is 11.5 Å². The molecule has 4 heteroatoms. The van der Waals surface area contributed by atoms with Gasteiger partial charge in [-0.25, -0.2) is 4.39 Å². The molecule has 1 aliphatic rings. The predicted octanol–water partition coefficient (Wildman–Crippen LogP) is 3.80. The first-order valence-electron chi connectivity index (χ1n) is 6.39. The molecule has 20 heavy (non-hydrogen) atoms. The molecule has 0 fully saturated rings. The van der Waals surface area contributed by atoms with Gasteiger partial charge in [0.2, 0.25) is 0 Å². The van der Waals surface area contributed by atoms with Gasteiger partial charge in [-0.1, -0.05) is 12.2 Å². The first-order chi connectivity index (χ1) is 9.78. The third-order valence-corrected chi connectivity index (χ3v) is 3.19. The lowest BCUT2D eigenvalue weighted by atomic mass is 10.1. The number of aromatic nitrogens is 1. The molecule has 1 unspecified atom stereocenters. The summed E-state index contributed by atoms with van der Waals surface area (Å²) in [5.41, 5.74) is 0.754. The Bertz CT molecular complexity index is 694. The lowest BCUT2D eigenvalue weighted by molar-refractivity contribution is 0.273. The molecule has 3 rings (SSSR count). The first-order valence-corrected chi connectivity index (χ1v) is 6.39. The van der Waals surface area contributed by atoms with Crippen LogP contribution in [0.15, 0.2) is 54.4 Å². The van der Waals surface area contributed by atoms with Crippen molar-refractivity contribution in [3.63, 3.8) is 0 Å². The molecule has 1 aromatic heterocycles. The zero-order chi connectivity index (χ0) is 13.9. The van der Waals surface area contributed by atoms with E-state index in [0.29, 0.717) is 17.9 Å². The van der Waals surface area contributed by atoms with Gasteiger partial charge in [-0.15, -0.1) is 0 Å². The molecule has 0 aliphatic heterocycles. The van der Waals surface area contributed by atoms with E-state index >= 15 is 0 Å². The number of ether oxygens (including phenoxy) is 2. The standard InChI is InChI=1S/C16H14FNO2/c1-19-11-6-7-12-14(10-11)18-9-8-15(12)20-16-5-3-2-4-13(16)17/h2-3,5-10,13H,4H2,1H3. The maximum atomic E-state index is 13.8. The Kier molecular flexibility index (Phi) is 3.37. The Morgan fingerprint density at radius 1 is 1.30 bits per heavy atom. The second-order valence-electron chi connectivity index (χ2n) is 4.49. The third kappa shape index (κ3) is 2.37. The molecule has 1 heterocycles. The smallest absolute Gasteiger partial charge is 0.161 e. The predicted molar refractivity (Wildman–Crippen MR) is 75.7 cm³/mol. The number of fused-ring (bicyclic) bond motifs is 1. The molecule has 0 bridgehead atoms. The summed E-state index contributed by atoms with van der Waals surface area (Å²) in [5.74, 6) is 1.66. The lowest BCUT2D eigenvalue weighted by Gasteiger charge is -2.16. The molecule has 0 spiro atoms. The van der Waals surface area contributed by atoms with E-state index in [9.17, 15) is 4.39 Å². The van der Waals surface area contributed by atoms with Crippen molar-refractivity contribution in [2.45, 2.75) is 12.6 Å². The van der Waals surface area contributed by atoms with Crippen molar-refractivity contribution in [2.75, 3.05) is 7.11 Å². The van der Waals surface area contributed by atoms with Gasteiger partial charge >= 0.3 is 0 Å². The molecule has 1 aliphatic carbocycles. The zero-order valence-corrected chi connectivity index (χ0v) is 11.0. The topological polar surface area (TPSA) is 31.4 Å². The number of pyridine rings is 1. The fourth-order valence-electron chi connectivity index (χ4n) is 2.12. The summed E-state index contributed by atoms with van der Waals surface area (Å²) < 4.78 is 24.6. The van der Waals surface area contributed by atoms with E-state index in [1.165, 1.54) is 0 Å². The first kappa shape index (κ1) is 12.7. The van der Waals surface area contributed by atoms with Crippen molar-refractivity contribution in [3.05, 3.63) is 54.4 Å². The van der Waals surface area contributed by atoms with Crippen LogP contribution in [0.1, 0.15) is 6.42 Å². The highest BCUT2D eigenvalue weighted by molar-refractivity contribution is 5.86. The highest BCUT2D eigenvalue weighted by Gasteiger charge is 2.17. The molecule has 1 atom stereocenters. The Balaban J connectivity index is 1.99. The normalized spacial score (nSPS) is 17.9. The van der Waals surface area contributed by atoms with Crippen LogP contribution >= 0.6 is 0 Å². The number of hydrogen-bond donors (Lipinski definition) is 0. The van der Waals surface area contributed by atoms with E-state index in [1.807, 2.05) is 18.2 Å². The molecule has 0 amide bonds. The Labute approximate surface area is 116 Å². The number of methoxy groups -OCH3 is 1. The Hall–Kier alpha value is -2.36. The van der Waals surface area contributed by atoms with Gasteiger partial charge in [-0.05, 0) is 24.3 Å². The molecule has 3 nitrogen and oxygen atoms in total. The molecule has 0 N–H and O–H groups in total. The summed E-state index contributed by atoms with van der Waals surface area (Å²) in [5, 5.41) is 0.830. The number of benzene rings is 1. The molecule has 0 radical (unpaired) electrons. The van der Waals surface area contributed by atoms with Crippen molar-refractivity contribution >= 4 is 10.9 Å². The van der Waals surface area contributed by atoms with E-state index in [2.05, 4.69) is 4.98 Å². The SMILES string of the molecule is COc1ccc2c(OC3=CC=CCC3F)ccnc2c1. The zero-order valence-electron chi connectivity index (χ0n) is 11.0. The fraction of sp³-hybridized carbons (Fsp3) is 0.188. The van der Waals surface area contributed by atoms with Crippen LogP contribution in [-0.4, -0.2) is 18.3 Å². The molecule has 0 saturated carbocycles. The second-order valence-corrected chi connectivity index (χ2v) is 4.49. The maximum Gasteiger partial charge on any atom is 0.161 e. The van der Waals surface area contributed by atoms with Gasteiger partial charge in [0.25, 0.3) is 0 Å². The molecular weight excluding hydrogens is 257 g/mol. The van der Waals surface area contributed by atoms with Crippen LogP contribution in [0.25, 0.3) is 10.9 Å². The molecule has 2 aromatic rings. The largest absolute Gasteiger partial charge is 0.497 e. The number of alkyl halides is 1. The van der Waals surface area contributed by atoms with Crippen molar-refractivity contribution in [1.29, 1.82) is 0 Å². The average molecular weight is 271 g/mol. The number of hydrogen-bond acceptors (Lipinski definition) is 3. The van der Waals surface area contributed by atoms with Crippen LogP contribution in [0.2, 0.25) is 0 Å². The summed E-state index contributed by atoms with van der Waals surface area (Å²) in [6.45, 7) is 0. The summed E-state index contributed by atoms with van der Waals surface area (Å²) in [6.07, 6.45) is 6.14. The number of nitrogens with zero attached hydrogens (tertiary/aromatic N) is 1. The minimum absolute atomic E-state index is 0.329. The summed E-state index contributed by atoms with van der Waals surface area (Å²) in [6, 6.07) is 7.26. The quantitative estimate of drug-likeness (QED) is 0.850. The van der Waals surface area contributed by atoms with Gasteiger partial charge in [0.1, 0.15) is 17.3 Å². The summed E-state index contributed by atoms with van der Waals surface area (Å²) in [4.78, 5) is 4.28. The van der Waals surface area contributed by atoms with E-state index in [-0.39, 0.29) is 0 Å². The monoisotopic (exact) mass is 271 g/mol. The minimum atomic E-state index is -1.10. The summed E-state index contributed by atoms with van der Waals surface area (Å²) >= 11 is 0. The fourth-order valence-corrected chi connectivity index (χ4v) is 2.12. The van der Waals surface area contributed by atoms with E-state index in [4.69, 9.17) is 9.47 Å². The number of allylic oxidation sites excluding steroid dienone is 4. The third-order valence-electron chi connectivity index (χ3n) is 3.19. The van der Waals surface area contributed by atoms with Crippen LogP contribution in [0.3, 0.4) is 0 Å². The minimum Gasteiger partial charge on any atom is -0.497 e. The van der Waals surface area contributed by atoms with Crippen molar-refractivity contribution in [1.82, 2.24) is 4.98 Å². The highest BCUT2D eigenvalue weighted by Crippen LogP contribution is 2.30. The van der Waals surface area contributed by atoms with Gasteiger partial charge in [0.05, 0.1) is 12.6 Å². The lowest BCUT2D eigenvalue weighted by Crippen LogP contribution is -2.12.